The van der Waals surface area contributed by atoms with Crippen molar-refractivity contribution in [2.24, 2.45) is 0 Å². The number of pyridine rings is 1. The molecule has 0 bridgehead atoms. The number of hydrogen-bond donors (Lipinski definition) is 1. The van der Waals surface area contributed by atoms with Crippen molar-refractivity contribution in [3.05, 3.63) is 65.4 Å². The number of nitrogens with zero attached hydrogens (tertiary/aromatic N) is 1. The van der Waals surface area contributed by atoms with Crippen LogP contribution in [0, 0.1) is 13.8 Å². The molecule has 2 aromatic heterocycles. The Balaban J connectivity index is 2.01. The monoisotopic (exact) mass is 300 g/mol. The van der Waals surface area contributed by atoms with Crippen LogP contribution in [0.15, 0.2) is 48.7 Å². The van der Waals surface area contributed by atoms with E-state index in [1.165, 1.54) is 33.0 Å². The lowest BCUT2D eigenvalue weighted by molar-refractivity contribution is 1.15. The van der Waals surface area contributed by atoms with E-state index in [1.807, 2.05) is 0 Å². The molecule has 4 aromatic rings. The smallest absolute Gasteiger partial charge is 0.0733 e. The van der Waals surface area contributed by atoms with Crippen molar-refractivity contribution in [1.82, 2.24) is 9.97 Å². The van der Waals surface area contributed by atoms with Crippen molar-refractivity contribution in [2.75, 3.05) is 0 Å². The molecule has 0 aliphatic carbocycles. The summed E-state index contributed by atoms with van der Waals surface area (Å²) in [5.41, 5.74) is 8.38. The molecule has 1 N–H and O–H groups in total. The second-order valence-corrected chi connectivity index (χ2v) is 6.29. The van der Waals surface area contributed by atoms with Gasteiger partial charge in [0, 0.05) is 28.0 Å². The number of aromatic amines is 1. The van der Waals surface area contributed by atoms with E-state index in [1.54, 1.807) is 0 Å². The van der Waals surface area contributed by atoms with Crippen LogP contribution >= 0.6 is 0 Å². The minimum absolute atomic E-state index is 1.01. The number of rotatable bonds is 2. The summed E-state index contributed by atoms with van der Waals surface area (Å²) < 4.78 is 0. The van der Waals surface area contributed by atoms with Gasteiger partial charge in [-0.15, -0.1) is 0 Å². The molecule has 2 heterocycles. The van der Waals surface area contributed by atoms with E-state index < -0.39 is 0 Å². The van der Waals surface area contributed by atoms with Crippen LogP contribution in [0.25, 0.3) is 33.1 Å². The first-order chi connectivity index (χ1) is 11.2. The van der Waals surface area contributed by atoms with Gasteiger partial charge in [0.15, 0.2) is 0 Å². The number of hydrogen-bond acceptors (Lipinski definition) is 1. The SMILES string of the molecule is CCc1cc(-c2c[nH]c3ccc(C)cc23)nc2ccc(C)cc12. The highest BCUT2D eigenvalue weighted by molar-refractivity contribution is 5.97. The van der Waals surface area contributed by atoms with Gasteiger partial charge in [0.2, 0.25) is 0 Å². The Bertz CT molecular complexity index is 1020. The van der Waals surface area contributed by atoms with Gasteiger partial charge >= 0.3 is 0 Å². The molecule has 0 atom stereocenters. The third-order valence-corrected chi connectivity index (χ3v) is 4.54. The van der Waals surface area contributed by atoms with Crippen molar-refractivity contribution in [3.8, 4) is 11.3 Å². The quantitative estimate of drug-likeness (QED) is 0.515. The fraction of sp³-hybridized carbons (Fsp3) is 0.190. The molecule has 0 saturated heterocycles. The maximum absolute atomic E-state index is 4.93. The Kier molecular flexibility index (Phi) is 3.19. The van der Waals surface area contributed by atoms with E-state index in [0.717, 1.165) is 23.1 Å². The zero-order valence-electron chi connectivity index (χ0n) is 13.8. The van der Waals surface area contributed by atoms with Gasteiger partial charge in [-0.3, -0.25) is 0 Å². The van der Waals surface area contributed by atoms with E-state index in [-0.39, 0.29) is 0 Å². The average Bonchev–Trinajstić information content (AvgIpc) is 2.97. The molecule has 0 amide bonds. The zero-order valence-corrected chi connectivity index (χ0v) is 13.8. The van der Waals surface area contributed by atoms with Crippen LogP contribution in [0.4, 0.5) is 0 Å². The van der Waals surface area contributed by atoms with Crippen LogP contribution in [0.3, 0.4) is 0 Å². The van der Waals surface area contributed by atoms with E-state index in [4.69, 9.17) is 4.98 Å². The van der Waals surface area contributed by atoms with Crippen molar-refractivity contribution >= 4 is 21.8 Å². The van der Waals surface area contributed by atoms with Gasteiger partial charge in [-0.2, -0.15) is 0 Å². The normalized spacial score (nSPS) is 11.4. The number of aryl methyl sites for hydroxylation is 3. The first kappa shape index (κ1) is 14.0. The molecule has 4 rings (SSSR count). The van der Waals surface area contributed by atoms with E-state index in [9.17, 15) is 0 Å². The lowest BCUT2D eigenvalue weighted by Crippen LogP contribution is -1.92. The predicted octanol–water partition coefficient (Wildman–Crippen LogP) is 5.56. The lowest BCUT2D eigenvalue weighted by Gasteiger charge is -2.09. The molecule has 0 aliphatic rings. The molecule has 0 unspecified atom stereocenters. The van der Waals surface area contributed by atoms with Crippen molar-refractivity contribution in [3.63, 3.8) is 0 Å². The van der Waals surface area contributed by atoms with Gasteiger partial charge in [-0.25, -0.2) is 4.98 Å². The largest absolute Gasteiger partial charge is 0.360 e. The summed E-state index contributed by atoms with van der Waals surface area (Å²) in [5.74, 6) is 0. The molecule has 0 saturated carbocycles. The number of H-pyrrole nitrogens is 1. The summed E-state index contributed by atoms with van der Waals surface area (Å²) in [7, 11) is 0. The third kappa shape index (κ3) is 2.31. The highest BCUT2D eigenvalue weighted by Crippen LogP contribution is 2.31. The molecule has 0 aliphatic heterocycles. The van der Waals surface area contributed by atoms with Gasteiger partial charge in [0.05, 0.1) is 11.2 Å². The summed E-state index contributed by atoms with van der Waals surface area (Å²) in [6, 6.07) is 15.3. The molecular formula is C21H20N2. The summed E-state index contributed by atoms with van der Waals surface area (Å²) >= 11 is 0. The number of aromatic nitrogens is 2. The minimum Gasteiger partial charge on any atom is -0.360 e. The first-order valence-electron chi connectivity index (χ1n) is 8.14. The molecule has 114 valence electrons. The van der Waals surface area contributed by atoms with Gasteiger partial charge < -0.3 is 4.98 Å². The molecule has 2 heteroatoms. The van der Waals surface area contributed by atoms with Crippen LogP contribution in [0.2, 0.25) is 0 Å². The van der Waals surface area contributed by atoms with E-state index >= 15 is 0 Å². The molecule has 0 fully saturated rings. The topological polar surface area (TPSA) is 28.7 Å². The van der Waals surface area contributed by atoms with Crippen molar-refractivity contribution in [1.29, 1.82) is 0 Å². The maximum atomic E-state index is 4.93. The number of fused-ring (bicyclic) bond motifs is 2. The molecule has 0 spiro atoms. The fourth-order valence-electron chi connectivity index (χ4n) is 3.29. The Labute approximate surface area is 136 Å². The Morgan fingerprint density at radius 1 is 0.913 bits per heavy atom. The Morgan fingerprint density at radius 2 is 1.65 bits per heavy atom. The molecule has 2 aromatic carbocycles. The summed E-state index contributed by atoms with van der Waals surface area (Å²) in [5, 5.41) is 2.51. The van der Waals surface area contributed by atoms with Crippen LogP contribution in [0.1, 0.15) is 23.6 Å². The third-order valence-electron chi connectivity index (χ3n) is 4.54. The van der Waals surface area contributed by atoms with Gasteiger partial charge in [-0.1, -0.05) is 30.2 Å². The fourth-order valence-corrected chi connectivity index (χ4v) is 3.29. The van der Waals surface area contributed by atoms with Gasteiger partial charge in [0.25, 0.3) is 0 Å². The summed E-state index contributed by atoms with van der Waals surface area (Å²) in [6.45, 7) is 6.47. The Morgan fingerprint density at radius 3 is 2.43 bits per heavy atom. The second-order valence-electron chi connectivity index (χ2n) is 6.29. The molecular weight excluding hydrogens is 280 g/mol. The van der Waals surface area contributed by atoms with Crippen LogP contribution in [-0.4, -0.2) is 9.97 Å². The minimum atomic E-state index is 1.01. The molecule has 2 nitrogen and oxygen atoms in total. The summed E-state index contributed by atoms with van der Waals surface area (Å²) in [4.78, 5) is 8.30. The van der Waals surface area contributed by atoms with Crippen molar-refractivity contribution < 1.29 is 0 Å². The summed E-state index contributed by atoms with van der Waals surface area (Å²) in [6.07, 6.45) is 3.09. The molecule has 23 heavy (non-hydrogen) atoms. The zero-order chi connectivity index (χ0) is 16.0. The standard InChI is InChI=1S/C21H20N2/c1-4-15-11-21(23-20-8-6-13(2)9-16(15)20)18-12-22-19-7-5-14(3)10-17(18)19/h5-12,22H,4H2,1-3H3. The van der Waals surface area contributed by atoms with Crippen LogP contribution < -0.4 is 0 Å². The average molecular weight is 300 g/mol. The van der Waals surface area contributed by atoms with E-state index in [0.29, 0.717) is 0 Å². The predicted molar refractivity (Wildman–Crippen MR) is 97.9 cm³/mol. The van der Waals surface area contributed by atoms with Gasteiger partial charge in [0.1, 0.15) is 0 Å². The van der Waals surface area contributed by atoms with Crippen LogP contribution in [0.5, 0.6) is 0 Å². The van der Waals surface area contributed by atoms with Crippen LogP contribution in [-0.2, 0) is 6.42 Å². The lowest BCUT2D eigenvalue weighted by atomic mass is 10.0. The first-order valence-corrected chi connectivity index (χ1v) is 8.14. The number of nitrogens with one attached hydrogen (secondary N) is 1. The number of benzene rings is 2. The molecule has 0 radical (unpaired) electrons. The Hall–Kier alpha value is -2.61. The van der Waals surface area contributed by atoms with Crippen molar-refractivity contribution in [2.45, 2.75) is 27.2 Å². The van der Waals surface area contributed by atoms with Gasteiger partial charge in [-0.05, 0) is 56.2 Å². The maximum Gasteiger partial charge on any atom is 0.0733 e. The van der Waals surface area contributed by atoms with E-state index in [2.05, 4.69) is 74.4 Å². The highest BCUT2D eigenvalue weighted by Gasteiger charge is 2.11. The second kappa shape index (κ2) is 5.24. The highest BCUT2D eigenvalue weighted by atomic mass is 14.7.